The Morgan fingerprint density at radius 2 is 1.92 bits per heavy atom. The van der Waals surface area contributed by atoms with Gasteiger partial charge in [0, 0.05) is 0 Å². The predicted octanol–water partition coefficient (Wildman–Crippen LogP) is 1.73. The zero-order chi connectivity index (χ0) is 9.52. The van der Waals surface area contributed by atoms with Crippen LogP contribution in [0.1, 0.15) is 25.3 Å². The fourth-order valence-corrected chi connectivity index (χ4v) is 1.02. The van der Waals surface area contributed by atoms with Crippen LogP contribution in [0.4, 0.5) is 0 Å². The topological polar surface area (TPSA) is 32.3 Å². The Morgan fingerprint density at radius 1 is 1.23 bits per heavy atom. The van der Waals surface area contributed by atoms with E-state index in [1.807, 2.05) is 24.3 Å². The second kappa shape index (κ2) is 5.60. The molecule has 0 fully saturated rings. The van der Waals surface area contributed by atoms with Crippen LogP contribution in [0, 0.1) is 0 Å². The number of hydrogen-bond acceptors (Lipinski definition) is 2. The smallest absolute Gasteiger partial charge is 0.119 e. The average Bonchev–Trinajstić information content (AvgIpc) is 2.19. The maximum atomic E-state index is 10.5. The second-order valence-electron chi connectivity index (χ2n) is 2.99. The van der Waals surface area contributed by atoms with Gasteiger partial charge in [-0.05, 0) is 18.6 Å². The molecule has 0 bridgehead atoms. The van der Waals surface area contributed by atoms with Gasteiger partial charge in [-0.15, -0.1) is 6.61 Å². The van der Waals surface area contributed by atoms with Crippen molar-refractivity contribution in [2.45, 2.75) is 26.4 Å². The van der Waals surface area contributed by atoms with Crippen LogP contribution in [0.3, 0.4) is 0 Å². The standard InChI is InChI=1S/C11H15O2/c1-2-3-8-13-11-6-4-10(9-12)5-7-11/h4-7H,2-3,8-9H2,1H3/q-1. The lowest BCUT2D eigenvalue weighted by molar-refractivity contribution is -0.386. The molecule has 0 saturated carbocycles. The molecule has 0 unspecified atom stereocenters. The zero-order valence-electron chi connectivity index (χ0n) is 7.95. The first-order chi connectivity index (χ1) is 6.36. The van der Waals surface area contributed by atoms with Gasteiger partial charge in [-0.1, -0.05) is 31.0 Å². The molecule has 2 heteroatoms. The highest BCUT2D eigenvalue weighted by Gasteiger charge is 1.91. The van der Waals surface area contributed by atoms with E-state index in [9.17, 15) is 5.11 Å². The van der Waals surface area contributed by atoms with Gasteiger partial charge in [0.05, 0.1) is 6.61 Å². The molecule has 2 nitrogen and oxygen atoms in total. The van der Waals surface area contributed by atoms with E-state index in [0.29, 0.717) is 0 Å². The van der Waals surface area contributed by atoms with E-state index in [1.165, 1.54) is 0 Å². The van der Waals surface area contributed by atoms with Gasteiger partial charge in [0.1, 0.15) is 5.75 Å². The summed E-state index contributed by atoms with van der Waals surface area (Å²) in [4.78, 5) is 0. The summed E-state index contributed by atoms with van der Waals surface area (Å²) in [6.45, 7) is 2.73. The molecule has 0 aliphatic carbocycles. The van der Waals surface area contributed by atoms with Gasteiger partial charge < -0.3 is 9.84 Å². The Labute approximate surface area is 79.2 Å². The summed E-state index contributed by atoms with van der Waals surface area (Å²) in [6.07, 6.45) is 2.21. The lowest BCUT2D eigenvalue weighted by atomic mass is 10.2. The van der Waals surface area contributed by atoms with Gasteiger partial charge in [-0.25, -0.2) is 0 Å². The lowest BCUT2D eigenvalue weighted by Gasteiger charge is -2.07. The molecule has 1 aromatic carbocycles. The van der Waals surface area contributed by atoms with Crippen molar-refractivity contribution >= 4 is 0 Å². The van der Waals surface area contributed by atoms with E-state index >= 15 is 0 Å². The molecule has 1 aromatic rings. The maximum absolute atomic E-state index is 10.5. The third kappa shape index (κ3) is 3.47. The Morgan fingerprint density at radius 3 is 2.46 bits per heavy atom. The van der Waals surface area contributed by atoms with Crippen LogP contribution in [-0.2, 0) is 6.61 Å². The largest absolute Gasteiger partial charge is 0.851 e. The Balaban J connectivity index is 2.40. The number of benzene rings is 1. The van der Waals surface area contributed by atoms with E-state index in [-0.39, 0.29) is 6.61 Å². The average molecular weight is 179 g/mol. The minimum absolute atomic E-state index is 0.157. The summed E-state index contributed by atoms with van der Waals surface area (Å²) in [5.74, 6) is 0.852. The minimum atomic E-state index is -0.157. The minimum Gasteiger partial charge on any atom is -0.851 e. The molecule has 0 aliphatic rings. The van der Waals surface area contributed by atoms with Crippen molar-refractivity contribution < 1.29 is 9.84 Å². The molecular weight excluding hydrogens is 164 g/mol. The van der Waals surface area contributed by atoms with Crippen molar-refractivity contribution in [1.82, 2.24) is 0 Å². The van der Waals surface area contributed by atoms with Crippen LogP contribution in [-0.4, -0.2) is 6.61 Å². The van der Waals surface area contributed by atoms with E-state index in [1.54, 1.807) is 0 Å². The number of unbranched alkanes of at least 4 members (excludes halogenated alkanes) is 1. The Bertz CT molecular complexity index is 228. The van der Waals surface area contributed by atoms with Gasteiger partial charge in [0.15, 0.2) is 0 Å². The lowest BCUT2D eigenvalue weighted by Crippen LogP contribution is -2.02. The summed E-state index contributed by atoms with van der Waals surface area (Å²) in [7, 11) is 0. The van der Waals surface area contributed by atoms with E-state index in [2.05, 4.69) is 6.92 Å². The van der Waals surface area contributed by atoms with Gasteiger partial charge in [0.25, 0.3) is 0 Å². The first-order valence-electron chi connectivity index (χ1n) is 4.66. The van der Waals surface area contributed by atoms with E-state index in [0.717, 1.165) is 30.8 Å². The fourth-order valence-electron chi connectivity index (χ4n) is 1.02. The van der Waals surface area contributed by atoms with E-state index < -0.39 is 0 Å². The third-order valence-corrected chi connectivity index (χ3v) is 1.86. The van der Waals surface area contributed by atoms with Gasteiger partial charge in [-0.2, -0.15) is 0 Å². The molecule has 0 heterocycles. The molecule has 13 heavy (non-hydrogen) atoms. The van der Waals surface area contributed by atoms with Crippen molar-refractivity contribution in [2.24, 2.45) is 0 Å². The quantitative estimate of drug-likeness (QED) is 0.645. The summed E-state index contributed by atoms with van der Waals surface area (Å²) >= 11 is 0. The van der Waals surface area contributed by atoms with Gasteiger partial charge in [-0.3, -0.25) is 0 Å². The summed E-state index contributed by atoms with van der Waals surface area (Å²) in [6, 6.07) is 7.33. The van der Waals surface area contributed by atoms with Gasteiger partial charge >= 0.3 is 0 Å². The monoisotopic (exact) mass is 179 g/mol. The van der Waals surface area contributed by atoms with Gasteiger partial charge in [0.2, 0.25) is 0 Å². The van der Waals surface area contributed by atoms with Crippen LogP contribution >= 0.6 is 0 Å². The normalized spacial score (nSPS) is 10.0. The van der Waals surface area contributed by atoms with Crippen molar-refractivity contribution in [2.75, 3.05) is 6.61 Å². The molecule has 1 rings (SSSR count). The van der Waals surface area contributed by atoms with Crippen LogP contribution in [0.15, 0.2) is 24.3 Å². The second-order valence-corrected chi connectivity index (χ2v) is 2.99. The summed E-state index contributed by atoms with van der Waals surface area (Å²) in [5.41, 5.74) is 0.808. The molecule has 0 spiro atoms. The molecule has 0 atom stereocenters. The Hall–Kier alpha value is -1.02. The van der Waals surface area contributed by atoms with E-state index in [4.69, 9.17) is 4.74 Å². The molecule has 0 N–H and O–H groups in total. The van der Waals surface area contributed by atoms with Crippen LogP contribution < -0.4 is 9.84 Å². The summed E-state index contributed by atoms with van der Waals surface area (Å²) < 4.78 is 5.44. The molecule has 0 aromatic heterocycles. The highest BCUT2D eigenvalue weighted by Crippen LogP contribution is 2.11. The van der Waals surface area contributed by atoms with Crippen molar-refractivity contribution in [1.29, 1.82) is 0 Å². The van der Waals surface area contributed by atoms with Crippen LogP contribution in [0.2, 0.25) is 0 Å². The third-order valence-electron chi connectivity index (χ3n) is 1.86. The Kier molecular flexibility index (Phi) is 4.33. The predicted molar refractivity (Wildman–Crippen MR) is 50.5 cm³/mol. The molecule has 72 valence electrons. The molecule has 0 amide bonds. The van der Waals surface area contributed by atoms with Crippen LogP contribution in [0.5, 0.6) is 5.75 Å². The molecule has 0 aliphatic heterocycles. The number of rotatable bonds is 5. The maximum Gasteiger partial charge on any atom is 0.119 e. The number of ether oxygens (including phenoxy) is 1. The first-order valence-corrected chi connectivity index (χ1v) is 4.66. The molecule has 0 radical (unpaired) electrons. The summed E-state index contributed by atoms with van der Waals surface area (Å²) in [5, 5.41) is 10.5. The highest BCUT2D eigenvalue weighted by atomic mass is 16.5. The number of hydrogen-bond donors (Lipinski definition) is 0. The van der Waals surface area contributed by atoms with Crippen molar-refractivity contribution in [3.05, 3.63) is 29.8 Å². The van der Waals surface area contributed by atoms with Crippen molar-refractivity contribution in [3.8, 4) is 5.75 Å². The molecular formula is C11H15O2-. The fraction of sp³-hybridized carbons (Fsp3) is 0.455. The molecule has 0 saturated heterocycles. The highest BCUT2D eigenvalue weighted by molar-refractivity contribution is 5.26. The van der Waals surface area contributed by atoms with Crippen molar-refractivity contribution in [3.63, 3.8) is 0 Å². The van der Waals surface area contributed by atoms with Crippen LogP contribution in [0.25, 0.3) is 0 Å². The first kappa shape index (κ1) is 10.1. The SMILES string of the molecule is CCCCOc1ccc(C[O-])cc1. The zero-order valence-corrected chi connectivity index (χ0v) is 7.95.